The van der Waals surface area contributed by atoms with Crippen molar-refractivity contribution in [3.8, 4) is 0 Å². The Morgan fingerprint density at radius 2 is 1.35 bits per heavy atom. The van der Waals surface area contributed by atoms with Crippen molar-refractivity contribution in [3.05, 3.63) is 0 Å². The molecule has 0 aromatic heterocycles. The smallest absolute Gasteiger partial charge is 0.141 e. The quantitative estimate of drug-likeness (QED) is 0.464. The van der Waals surface area contributed by atoms with Gasteiger partial charge in [0, 0.05) is 11.8 Å². The number of hydrogen-bond donors (Lipinski definition) is 0. The van der Waals surface area contributed by atoms with Crippen molar-refractivity contribution in [1.29, 1.82) is 0 Å². The third-order valence-corrected chi connectivity index (χ3v) is 7.62. The molecule has 0 aromatic rings. The van der Waals surface area contributed by atoms with Gasteiger partial charge >= 0.3 is 0 Å². The minimum atomic E-state index is -0.421. The zero-order valence-corrected chi connectivity index (χ0v) is 11.9. The molecule has 4 unspecified atom stereocenters. The van der Waals surface area contributed by atoms with Crippen LogP contribution in [-0.4, -0.2) is 15.0 Å². The molecule has 3 saturated carbocycles. The van der Waals surface area contributed by atoms with Gasteiger partial charge in [-0.15, -0.1) is 11.6 Å². The lowest BCUT2D eigenvalue weighted by atomic mass is 9.59. The van der Waals surface area contributed by atoms with Gasteiger partial charge in [-0.3, -0.25) is 4.99 Å². The molecule has 2 heterocycles. The molecule has 0 saturated heterocycles. The molecule has 4 atom stereocenters. The first kappa shape index (κ1) is 11.4. The first-order valence-electron chi connectivity index (χ1n) is 6.72. The van der Waals surface area contributed by atoms with Crippen LogP contribution in [0.15, 0.2) is 4.99 Å². The number of aliphatic imine (C=N–C) groups is 1. The van der Waals surface area contributed by atoms with Gasteiger partial charge in [0.2, 0.25) is 0 Å². The number of rotatable bonds is 0. The van der Waals surface area contributed by atoms with Gasteiger partial charge in [0.15, 0.2) is 0 Å². The first-order chi connectivity index (χ1) is 8.08. The second kappa shape index (κ2) is 3.35. The Morgan fingerprint density at radius 3 is 1.88 bits per heavy atom. The van der Waals surface area contributed by atoms with Crippen molar-refractivity contribution in [2.45, 2.75) is 48.4 Å². The molecule has 3 fully saturated rings. The van der Waals surface area contributed by atoms with E-state index in [2.05, 4.69) is 4.99 Å². The number of hydrogen-bond acceptors (Lipinski definition) is 1. The highest BCUT2D eigenvalue weighted by Crippen LogP contribution is 2.69. The molecule has 0 radical (unpaired) electrons. The van der Waals surface area contributed by atoms with Crippen LogP contribution in [0.1, 0.15) is 38.5 Å². The lowest BCUT2D eigenvalue weighted by molar-refractivity contribution is 0.0665. The fourth-order valence-electron chi connectivity index (χ4n) is 5.15. The lowest BCUT2D eigenvalue weighted by Crippen LogP contribution is -2.65. The van der Waals surface area contributed by atoms with E-state index in [-0.39, 0.29) is 4.87 Å². The zero-order chi connectivity index (χ0) is 11.8. The van der Waals surface area contributed by atoms with E-state index in [1.807, 2.05) is 0 Å². The van der Waals surface area contributed by atoms with Gasteiger partial charge in [-0.25, -0.2) is 0 Å². The Kier molecular flexibility index (Phi) is 2.24. The molecule has 5 rings (SSSR count). The number of nitrogens with zero attached hydrogens (tertiary/aromatic N) is 1. The van der Waals surface area contributed by atoms with Gasteiger partial charge in [0.1, 0.15) is 15.0 Å². The fourth-order valence-corrected chi connectivity index (χ4v) is 6.79. The van der Waals surface area contributed by atoms with Crippen LogP contribution in [-0.2, 0) is 0 Å². The SMILES string of the molecule is ClC1=NC2(Cl)C3CCCC3C1(Cl)C1CCCC12. The summed E-state index contributed by atoms with van der Waals surface area (Å²) >= 11 is 20.3. The van der Waals surface area contributed by atoms with Crippen molar-refractivity contribution < 1.29 is 0 Å². The largest absolute Gasteiger partial charge is 0.252 e. The maximum Gasteiger partial charge on any atom is 0.141 e. The summed E-state index contributed by atoms with van der Waals surface area (Å²) in [6.07, 6.45) is 7.18. The Balaban J connectivity index is 1.94. The number of alkyl halides is 2. The lowest BCUT2D eigenvalue weighted by Gasteiger charge is -2.58. The second-order valence-electron chi connectivity index (χ2n) is 6.19. The molecule has 2 bridgehead atoms. The van der Waals surface area contributed by atoms with Gasteiger partial charge in [0.05, 0.1) is 0 Å². The molecule has 0 amide bonds. The van der Waals surface area contributed by atoms with E-state index in [4.69, 9.17) is 34.8 Å². The summed E-state index contributed by atoms with van der Waals surface area (Å²) in [7, 11) is 0. The number of halogens is 3. The molecule has 0 aromatic carbocycles. The predicted octanol–water partition coefficient (Wildman–Crippen LogP) is 4.40. The molecule has 2 aliphatic heterocycles. The molecule has 0 N–H and O–H groups in total. The van der Waals surface area contributed by atoms with Crippen molar-refractivity contribution >= 4 is 40.0 Å². The summed E-state index contributed by atoms with van der Waals surface area (Å²) < 4.78 is 0. The van der Waals surface area contributed by atoms with Crippen LogP contribution < -0.4 is 0 Å². The van der Waals surface area contributed by atoms with Gasteiger partial charge in [-0.05, 0) is 37.5 Å². The Labute approximate surface area is 117 Å². The monoisotopic (exact) mass is 291 g/mol. The second-order valence-corrected chi connectivity index (χ2v) is 7.77. The standard InChI is InChI=1S/C13H16Cl3N/c14-11-12(15)7-3-1-5-9(7)13(16,17-11)10-6-2-4-8(10)12/h7-10H,1-6H2. The van der Waals surface area contributed by atoms with Crippen molar-refractivity contribution in [3.63, 3.8) is 0 Å². The van der Waals surface area contributed by atoms with E-state index in [9.17, 15) is 0 Å². The average molecular weight is 293 g/mol. The molecule has 5 aliphatic rings. The predicted molar refractivity (Wildman–Crippen MR) is 72.1 cm³/mol. The molecule has 3 aliphatic carbocycles. The average Bonchev–Trinajstić information content (AvgIpc) is 2.93. The molecule has 1 nitrogen and oxygen atoms in total. The summed E-state index contributed by atoms with van der Waals surface area (Å²) in [6.45, 7) is 0. The van der Waals surface area contributed by atoms with Crippen LogP contribution in [0.5, 0.6) is 0 Å². The van der Waals surface area contributed by atoms with Gasteiger partial charge in [-0.1, -0.05) is 36.0 Å². The highest BCUT2D eigenvalue weighted by Gasteiger charge is 2.70. The zero-order valence-electron chi connectivity index (χ0n) is 9.63. The van der Waals surface area contributed by atoms with Crippen molar-refractivity contribution in [2.24, 2.45) is 28.7 Å². The van der Waals surface area contributed by atoms with E-state index in [0.717, 1.165) is 0 Å². The Morgan fingerprint density at radius 1 is 0.882 bits per heavy atom. The van der Waals surface area contributed by atoms with Gasteiger partial charge in [-0.2, -0.15) is 0 Å². The van der Waals surface area contributed by atoms with Crippen molar-refractivity contribution in [1.82, 2.24) is 0 Å². The fraction of sp³-hybridized carbons (Fsp3) is 0.923. The third-order valence-electron chi connectivity index (χ3n) is 5.74. The highest BCUT2D eigenvalue weighted by atomic mass is 35.5. The minimum absolute atomic E-state index is 0.374. The summed E-state index contributed by atoms with van der Waals surface area (Å²) in [6, 6.07) is 0. The van der Waals surface area contributed by atoms with Crippen LogP contribution in [0.3, 0.4) is 0 Å². The molecular formula is C13H16Cl3N. The van der Waals surface area contributed by atoms with E-state index in [1.165, 1.54) is 38.5 Å². The first-order valence-corrected chi connectivity index (χ1v) is 7.85. The van der Waals surface area contributed by atoms with E-state index in [1.54, 1.807) is 0 Å². The molecule has 17 heavy (non-hydrogen) atoms. The van der Waals surface area contributed by atoms with E-state index < -0.39 is 5.00 Å². The minimum Gasteiger partial charge on any atom is -0.252 e. The summed E-state index contributed by atoms with van der Waals surface area (Å²) in [5.41, 5.74) is 0. The third kappa shape index (κ3) is 1.13. The van der Waals surface area contributed by atoms with Crippen molar-refractivity contribution in [2.75, 3.05) is 0 Å². The molecule has 0 spiro atoms. The summed E-state index contributed by atoms with van der Waals surface area (Å²) in [4.78, 5) is 3.86. The van der Waals surface area contributed by atoms with Crippen LogP contribution in [0.2, 0.25) is 0 Å². The van der Waals surface area contributed by atoms with Gasteiger partial charge < -0.3 is 0 Å². The van der Waals surface area contributed by atoms with E-state index >= 15 is 0 Å². The summed E-state index contributed by atoms with van der Waals surface area (Å²) in [5, 5.41) is 0.612. The highest BCUT2D eigenvalue weighted by molar-refractivity contribution is 6.73. The molecule has 94 valence electrons. The summed E-state index contributed by atoms with van der Waals surface area (Å²) in [5.74, 6) is 1.85. The van der Waals surface area contributed by atoms with E-state index in [0.29, 0.717) is 28.8 Å². The maximum atomic E-state index is 6.99. The Bertz CT molecular complexity index is 383. The topological polar surface area (TPSA) is 12.4 Å². The normalized spacial score (nSPS) is 60.1. The van der Waals surface area contributed by atoms with Crippen LogP contribution in [0.4, 0.5) is 0 Å². The molecule has 4 heteroatoms. The van der Waals surface area contributed by atoms with Gasteiger partial charge in [0.25, 0.3) is 0 Å². The van der Waals surface area contributed by atoms with Crippen LogP contribution >= 0.6 is 34.8 Å². The molecular weight excluding hydrogens is 277 g/mol. The Hall–Kier alpha value is 0.540. The van der Waals surface area contributed by atoms with Crippen LogP contribution in [0, 0.1) is 23.7 Å². The maximum absolute atomic E-state index is 6.99. The van der Waals surface area contributed by atoms with Crippen LogP contribution in [0.25, 0.3) is 0 Å².